The molecule has 0 rings (SSSR count). The van der Waals surface area contributed by atoms with Crippen LogP contribution in [-0.2, 0) is 0 Å². The Morgan fingerprint density at radius 2 is 0.900 bits per heavy atom. The molecule has 16 heteroatoms. The molecule has 0 aromatic carbocycles. The van der Waals surface area contributed by atoms with Crippen LogP contribution in [-0.4, -0.2) is 55.2 Å². The second-order valence-electron chi connectivity index (χ2n) is 3.21. The highest BCUT2D eigenvalue weighted by molar-refractivity contribution is 4.52. The quantitative estimate of drug-likeness (QED) is 0.263. The Morgan fingerprint density at radius 3 is 1.05 bits per heavy atom. The van der Waals surface area contributed by atoms with Gasteiger partial charge in [-0.1, -0.05) is 5.01 Å². The van der Waals surface area contributed by atoms with E-state index in [4.69, 9.17) is 0 Å². The molecule has 0 aliphatic heterocycles. The predicted octanol–water partition coefficient (Wildman–Crippen LogP) is -1.76. The van der Waals surface area contributed by atoms with Crippen molar-refractivity contribution >= 4 is 0 Å². The van der Waals surface area contributed by atoms with Gasteiger partial charge in [0.1, 0.15) is 0 Å². The summed E-state index contributed by atoms with van der Waals surface area (Å²) in [6.45, 7) is -2.91. The van der Waals surface area contributed by atoms with Crippen molar-refractivity contribution in [3.05, 3.63) is 50.6 Å². The molecule has 0 atom stereocenters. The molecule has 0 aliphatic carbocycles. The van der Waals surface area contributed by atoms with Crippen molar-refractivity contribution in [2.45, 2.75) is 12.3 Å². The van der Waals surface area contributed by atoms with Crippen LogP contribution >= 0.6 is 0 Å². The Labute approximate surface area is 107 Å². The summed E-state index contributed by atoms with van der Waals surface area (Å²) in [7, 11) is 0. The van der Waals surface area contributed by atoms with Crippen molar-refractivity contribution < 1.29 is 24.7 Å². The van der Waals surface area contributed by atoms with Crippen LogP contribution in [0.1, 0.15) is 0 Å². The summed E-state index contributed by atoms with van der Waals surface area (Å²) in [5.74, 6) is 0. The van der Waals surface area contributed by atoms with Gasteiger partial charge in [0.2, 0.25) is 13.1 Å². The first kappa shape index (κ1) is 16.8. The number of hydrogen-bond acceptors (Lipinski definition) is 10. The lowest BCUT2D eigenvalue weighted by Crippen LogP contribution is -2.49. The number of hydrazine groups is 1. The van der Waals surface area contributed by atoms with Crippen LogP contribution in [0.4, 0.5) is 0 Å². The molecular formula is C4H6N6O10. The number of hydrogen-bond donors (Lipinski definition) is 0. The Hall–Kier alpha value is -3.20. The van der Waals surface area contributed by atoms with Gasteiger partial charge >= 0.3 is 12.3 Å². The van der Waals surface area contributed by atoms with Gasteiger partial charge in [0.15, 0.2) is 5.03 Å². The van der Waals surface area contributed by atoms with E-state index in [0.29, 0.717) is 0 Å². The SMILES string of the molecule is O=[N+]([O-])C(CN(CC([N+](=O)[O-])[N+](=O)[O-])[N+](=O)[O-])[N+](=O)[O-]. The molecule has 0 aromatic heterocycles. The monoisotopic (exact) mass is 298 g/mol. The maximum absolute atomic E-state index is 10.5. The second kappa shape index (κ2) is 6.66. The van der Waals surface area contributed by atoms with Gasteiger partial charge in [-0.15, -0.1) is 0 Å². The Morgan fingerprint density at radius 1 is 0.650 bits per heavy atom. The van der Waals surface area contributed by atoms with Gasteiger partial charge in [0.25, 0.3) is 0 Å². The summed E-state index contributed by atoms with van der Waals surface area (Å²) < 4.78 is 0. The van der Waals surface area contributed by atoms with Gasteiger partial charge < -0.3 is 0 Å². The lowest BCUT2D eigenvalue weighted by atomic mass is 10.4. The predicted molar refractivity (Wildman–Crippen MR) is 54.1 cm³/mol. The molecular weight excluding hydrogens is 292 g/mol. The van der Waals surface area contributed by atoms with Crippen molar-refractivity contribution in [3.63, 3.8) is 0 Å². The van der Waals surface area contributed by atoms with Crippen LogP contribution in [0.3, 0.4) is 0 Å². The van der Waals surface area contributed by atoms with Gasteiger partial charge in [0.05, 0.1) is 19.7 Å². The molecule has 0 saturated carbocycles. The molecule has 0 unspecified atom stereocenters. The molecule has 0 N–H and O–H groups in total. The van der Waals surface area contributed by atoms with Gasteiger partial charge in [-0.05, 0) is 0 Å². The van der Waals surface area contributed by atoms with E-state index in [1.807, 2.05) is 0 Å². The smallest absolute Gasteiger partial charge is 0.258 e. The van der Waals surface area contributed by atoms with E-state index in [0.717, 1.165) is 0 Å². The van der Waals surface area contributed by atoms with Crippen LogP contribution in [0, 0.1) is 50.6 Å². The van der Waals surface area contributed by atoms with E-state index in [2.05, 4.69) is 0 Å². The van der Waals surface area contributed by atoms with Crippen molar-refractivity contribution in [3.8, 4) is 0 Å². The van der Waals surface area contributed by atoms with Gasteiger partial charge in [-0.2, -0.15) is 0 Å². The van der Waals surface area contributed by atoms with E-state index in [9.17, 15) is 50.6 Å². The Bertz CT molecular complexity index is 387. The third-order valence-electron chi connectivity index (χ3n) is 1.95. The summed E-state index contributed by atoms with van der Waals surface area (Å²) in [5, 5.41) is 50.0. The summed E-state index contributed by atoms with van der Waals surface area (Å²) in [6.07, 6.45) is -5.28. The first-order chi connectivity index (χ1) is 9.07. The maximum atomic E-state index is 10.5. The first-order valence-corrected chi connectivity index (χ1v) is 4.51. The van der Waals surface area contributed by atoms with Gasteiger partial charge in [-0.25, -0.2) is 10.1 Å². The first-order valence-electron chi connectivity index (χ1n) is 4.51. The fourth-order valence-electron chi connectivity index (χ4n) is 1.01. The van der Waals surface area contributed by atoms with Gasteiger partial charge in [0, 0.05) is 0 Å². The second-order valence-corrected chi connectivity index (χ2v) is 3.21. The fourth-order valence-corrected chi connectivity index (χ4v) is 1.01. The third kappa shape index (κ3) is 4.58. The zero-order chi connectivity index (χ0) is 16.0. The van der Waals surface area contributed by atoms with Crippen LogP contribution in [0.2, 0.25) is 0 Å². The van der Waals surface area contributed by atoms with Crippen molar-refractivity contribution in [1.82, 2.24) is 5.01 Å². The van der Waals surface area contributed by atoms with E-state index >= 15 is 0 Å². The fraction of sp³-hybridized carbons (Fsp3) is 1.00. The molecule has 0 spiro atoms. The highest BCUT2D eigenvalue weighted by Crippen LogP contribution is 2.02. The molecule has 16 nitrogen and oxygen atoms in total. The standard InChI is InChI=1S/C4H6N6O10/c11-6(12)3(7(13)14)1-5(10(19)20)2-4(8(15)16)9(17)18/h3-4H,1-2H2. The zero-order valence-electron chi connectivity index (χ0n) is 9.33. The minimum Gasteiger partial charge on any atom is -0.258 e. The molecule has 20 heavy (non-hydrogen) atoms. The van der Waals surface area contributed by atoms with Crippen LogP contribution in [0.5, 0.6) is 0 Å². The summed E-state index contributed by atoms with van der Waals surface area (Å²) >= 11 is 0. The number of nitrogens with zero attached hydrogens (tertiary/aromatic N) is 6. The maximum Gasteiger partial charge on any atom is 0.473 e. The minimum atomic E-state index is -2.64. The van der Waals surface area contributed by atoms with Crippen molar-refractivity contribution in [2.24, 2.45) is 0 Å². The Kier molecular flexibility index (Phi) is 5.59. The van der Waals surface area contributed by atoms with E-state index in [1.165, 1.54) is 0 Å². The summed E-state index contributed by atoms with van der Waals surface area (Å²) in [4.78, 5) is 45.9. The minimum absolute atomic E-state index is 0.313. The topological polar surface area (TPSA) is 219 Å². The molecule has 0 heterocycles. The van der Waals surface area contributed by atoms with Crippen LogP contribution in [0.25, 0.3) is 0 Å². The molecule has 0 aliphatic rings. The lowest BCUT2D eigenvalue weighted by molar-refractivity contribution is -0.778. The number of nitro groups is 5. The lowest BCUT2D eigenvalue weighted by Gasteiger charge is -2.12. The highest BCUT2D eigenvalue weighted by atomic mass is 16.7. The molecule has 112 valence electrons. The number of rotatable bonds is 9. The van der Waals surface area contributed by atoms with Crippen molar-refractivity contribution in [1.29, 1.82) is 0 Å². The summed E-state index contributed by atoms with van der Waals surface area (Å²) in [6, 6.07) is 0. The average molecular weight is 298 g/mol. The molecule has 0 saturated heterocycles. The summed E-state index contributed by atoms with van der Waals surface area (Å²) in [5.41, 5.74) is 0. The van der Waals surface area contributed by atoms with Gasteiger partial charge in [-0.3, -0.25) is 40.5 Å². The average Bonchev–Trinajstić information content (AvgIpc) is 2.26. The van der Waals surface area contributed by atoms with E-state index in [1.54, 1.807) is 0 Å². The molecule has 0 aromatic rings. The van der Waals surface area contributed by atoms with Crippen LogP contribution < -0.4 is 0 Å². The van der Waals surface area contributed by atoms with E-state index < -0.39 is 50.1 Å². The highest BCUT2D eigenvalue weighted by Gasteiger charge is 2.45. The van der Waals surface area contributed by atoms with E-state index in [-0.39, 0.29) is 5.01 Å². The largest absolute Gasteiger partial charge is 0.473 e. The molecule has 0 fully saturated rings. The zero-order valence-corrected chi connectivity index (χ0v) is 9.33. The van der Waals surface area contributed by atoms with Crippen LogP contribution in [0.15, 0.2) is 0 Å². The third-order valence-corrected chi connectivity index (χ3v) is 1.95. The molecule has 0 bridgehead atoms. The Balaban J connectivity index is 5.11. The molecule has 0 radical (unpaired) electrons. The van der Waals surface area contributed by atoms with Crippen molar-refractivity contribution in [2.75, 3.05) is 13.1 Å². The molecule has 0 amide bonds. The normalized spacial score (nSPS) is 10.3.